The van der Waals surface area contributed by atoms with E-state index in [0.717, 1.165) is 25.9 Å². The molecule has 1 heterocycles. The standard InChI is InChI=1S/C15H23N3O2/c1-17(2)10-13-4-3-9-18(13)15(19)11-20-14-7-5-12(16)6-8-14/h5-8,13H,3-4,9-11,16H2,1-2H3. The van der Waals surface area contributed by atoms with Crippen LogP contribution in [0.25, 0.3) is 0 Å². The van der Waals surface area contributed by atoms with Crippen molar-refractivity contribution in [3.63, 3.8) is 0 Å². The van der Waals surface area contributed by atoms with E-state index in [1.807, 2.05) is 19.0 Å². The summed E-state index contributed by atoms with van der Waals surface area (Å²) in [5.74, 6) is 0.738. The number of carbonyl (C=O) groups is 1. The van der Waals surface area contributed by atoms with Crippen molar-refractivity contribution >= 4 is 11.6 Å². The van der Waals surface area contributed by atoms with Crippen LogP contribution in [-0.4, -0.2) is 55.5 Å². The molecule has 2 rings (SSSR count). The number of amides is 1. The minimum Gasteiger partial charge on any atom is -0.484 e. The van der Waals surface area contributed by atoms with Gasteiger partial charge in [0.05, 0.1) is 0 Å². The molecule has 0 radical (unpaired) electrons. The fourth-order valence-corrected chi connectivity index (χ4v) is 2.57. The Morgan fingerprint density at radius 2 is 2.10 bits per heavy atom. The van der Waals surface area contributed by atoms with Gasteiger partial charge in [-0.3, -0.25) is 4.79 Å². The smallest absolute Gasteiger partial charge is 0.260 e. The number of benzene rings is 1. The summed E-state index contributed by atoms with van der Waals surface area (Å²) >= 11 is 0. The first-order valence-corrected chi connectivity index (χ1v) is 6.99. The normalized spacial score (nSPS) is 18.6. The Hall–Kier alpha value is -1.75. The second kappa shape index (κ2) is 6.61. The zero-order valence-electron chi connectivity index (χ0n) is 12.2. The van der Waals surface area contributed by atoms with Gasteiger partial charge < -0.3 is 20.3 Å². The zero-order chi connectivity index (χ0) is 14.5. The Morgan fingerprint density at radius 3 is 2.75 bits per heavy atom. The summed E-state index contributed by atoms with van der Waals surface area (Å²) in [5, 5.41) is 0. The van der Waals surface area contributed by atoms with Crippen LogP contribution in [-0.2, 0) is 4.79 Å². The van der Waals surface area contributed by atoms with E-state index in [1.165, 1.54) is 0 Å². The van der Waals surface area contributed by atoms with Gasteiger partial charge in [0, 0.05) is 24.8 Å². The number of hydrogen-bond acceptors (Lipinski definition) is 4. The van der Waals surface area contributed by atoms with E-state index in [-0.39, 0.29) is 12.5 Å². The maximum Gasteiger partial charge on any atom is 0.260 e. The predicted octanol–water partition coefficient (Wildman–Crippen LogP) is 1.20. The average Bonchev–Trinajstić information content (AvgIpc) is 2.85. The molecule has 1 amide bonds. The Kier molecular flexibility index (Phi) is 4.84. The molecule has 1 aromatic rings. The molecule has 2 N–H and O–H groups in total. The van der Waals surface area contributed by atoms with E-state index in [9.17, 15) is 4.79 Å². The summed E-state index contributed by atoms with van der Waals surface area (Å²) in [4.78, 5) is 16.3. The van der Waals surface area contributed by atoms with Crippen LogP contribution in [0, 0.1) is 0 Å². The summed E-state index contributed by atoms with van der Waals surface area (Å²) in [6.45, 7) is 1.84. The monoisotopic (exact) mass is 277 g/mol. The van der Waals surface area contributed by atoms with Crippen LogP contribution < -0.4 is 10.5 Å². The Balaban J connectivity index is 1.86. The molecular weight excluding hydrogens is 254 g/mol. The number of nitrogen functional groups attached to an aromatic ring is 1. The van der Waals surface area contributed by atoms with E-state index in [0.29, 0.717) is 17.5 Å². The number of hydrogen-bond donors (Lipinski definition) is 1. The molecule has 1 fully saturated rings. The lowest BCUT2D eigenvalue weighted by Gasteiger charge is -2.27. The average molecular weight is 277 g/mol. The van der Waals surface area contributed by atoms with Crippen molar-refractivity contribution in [1.82, 2.24) is 9.80 Å². The lowest BCUT2D eigenvalue weighted by Crippen LogP contribution is -2.43. The molecule has 5 heteroatoms. The highest BCUT2D eigenvalue weighted by atomic mass is 16.5. The molecule has 1 aliphatic heterocycles. The Morgan fingerprint density at radius 1 is 1.40 bits per heavy atom. The van der Waals surface area contributed by atoms with E-state index in [1.54, 1.807) is 24.3 Å². The second-order valence-electron chi connectivity index (χ2n) is 5.50. The minimum atomic E-state index is 0.0613. The Bertz CT molecular complexity index is 445. The third-order valence-corrected chi connectivity index (χ3v) is 3.52. The number of likely N-dealkylation sites (tertiary alicyclic amines) is 1. The lowest BCUT2D eigenvalue weighted by molar-refractivity contribution is -0.134. The van der Waals surface area contributed by atoms with Gasteiger partial charge in [-0.15, -0.1) is 0 Å². The highest BCUT2D eigenvalue weighted by Gasteiger charge is 2.28. The predicted molar refractivity (Wildman–Crippen MR) is 79.6 cm³/mol. The highest BCUT2D eigenvalue weighted by Crippen LogP contribution is 2.19. The summed E-state index contributed by atoms with van der Waals surface area (Å²) < 4.78 is 5.53. The first-order chi connectivity index (χ1) is 9.56. The molecule has 0 saturated carbocycles. The number of nitrogens with zero attached hydrogens (tertiary/aromatic N) is 2. The number of rotatable bonds is 5. The lowest BCUT2D eigenvalue weighted by atomic mass is 10.2. The van der Waals surface area contributed by atoms with Crippen molar-refractivity contribution in [2.24, 2.45) is 0 Å². The van der Waals surface area contributed by atoms with Crippen LogP contribution in [0.3, 0.4) is 0 Å². The van der Waals surface area contributed by atoms with Crippen LogP contribution >= 0.6 is 0 Å². The van der Waals surface area contributed by atoms with Crippen molar-refractivity contribution in [2.45, 2.75) is 18.9 Å². The van der Waals surface area contributed by atoms with E-state index < -0.39 is 0 Å². The highest BCUT2D eigenvalue weighted by molar-refractivity contribution is 5.78. The van der Waals surface area contributed by atoms with Gasteiger partial charge in [0.1, 0.15) is 5.75 Å². The summed E-state index contributed by atoms with van der Waals surface area (Å²) in [6.07, 6.45) is 2.15. The zero-order valence-corrected chi connectivity index (χ0v) is 12.2. The first-order valence-electron chi connectivity index (χ1n) is 6.99. The van der Waals surface area contributed by atoms with Crippen LogP contribution in [0.15, 0.2) is 24.3 Å². The molecule has 0 bridgehead atoms. The summed E-state index contributed by atoms with van der Waals surface area (Å²) in [6, 6.07) is 7.41. The fraction of sp³-hybridized carbons (Fsp3) is 0.533. The van der Waals surface area contributed by atoms with Crippen LogP contribution in [0.2, 0.25) is 0 Å². The second-order valence-corrected chi connectivity index (χ2v) is 5.50. The molecule has 1 aromatic carbocycles. The third-order valence-electron chi connectivity index (χ3n) is 3.52. The van der Waals surface area contributed by atoms with E-state index in [2.05, 4.69) is 4.90 Å². The number of anilines is 1. The van der Waals surface area contributed by atoms with Crippen molar-refractivity contribution in [3.8, 4) is 5.75 Å². The molecule has 0 aromatic heterocycles. The van der Waals surface area contributed by atoms with Crippen molar-refractivity contribution in [1.29, 1.82) is 0 Å². The number of nitrogens with two attached hydrogens (primary N) is 1. The maximum absolute atomic E-state index is 12.2. The molecule has 1 aliphatic rings. The molecule has 1 atom stereocenters. The van der Waals surface area contributed by atoms with Gasteiger partial charge in [0.25, 0.3) is 5.91 Å². The largest absolute Gasteiger partial charge is 0.484 e. The van der Waals surface area contributed by atoms with Gasteiger partial charge in [-0.2, -0.15) is 0 Å². The summed E-state index contributed by atoms with van der Waals surface area (Å²) in [5.41, 5.74) is 6.30. The molecule has 110 valence electrons. The quantitative estimate of drug-likeness (QED) is 0.822. The number of carbonyl (C=O) groups excluding carboxylic acids is 1. The van der Waals surface area contributed by atoms with Crippen LogP contribution in [0.1, 0.15) is 12.8 Å². The molecule has 20 heavy (non-hydrogen) atoms. The number of likely N-dealkylation sites (N-methyl/N-ethyl adjacent to an activating group) is 1. The van der Waals surface area contributed by atoms with Gasteiger partial charge in [0.15, 0.2) is 6.61 Å². The minimum absolute atomic E-state index is 0.0613. The van der Waals surface area contributed by atoms with Crippen molar-refractivity contribution in [3.05, 3.63) is 24.3 Å². The first kappa shape index (κ1) is 14.7. The van der Waals surface area contributed by atoms with Gasteiger partial charge >= 0.3 is 0 Å². The molecule has 1 unspecified atom stereocenters. The fourth-order valence-electron chi connectivity index (χ4n) is 2.57. The number of ether oxygens (including phenoxy) is 1. The SMILES string of the molecule is CN(C)CC1CCCN1C(=O)COc1ccc(N)cc1. The van der Waals surface area contributed by atoms with Crippen molar-refractivity contribution in [2.75, 3.05) is 39.5 Å². The van der Waals surface area contributed by atoms with Gasteiger partial charge in [-0.1, -0.05) is 0 Å². The van der Waals surface area contributed by atoms with Gasteiger partial charge in [-0.05, 0) is 51.2 Å². The molecule has 0 aliphatic carbocycles. The Labute approximate surface area is 120 Å². The van der Waals surface area contributed by atoms with Gasteiger partial charge in [0.2, 0.25) is 0 Å². The molecular formula is C15H23N3O2. The van der Waals surface area contributed by atoms with Crippen LogP contribution in [0.5, 0.6) is 5.75 Å². The third kappa shape index (κ3) is 3.87. The molecule has 1 saturated heterocycles. The van der Waals surface area contributed by atoms with E-state index >= 15 is 0 Å². The molecule has 5 nitrogen and oxygen atoms in total. The maximum atomic E-state index is 12.2. The topological polar surface area (TPSA) is 58.8 Å². The van der Waals surface area contributed by atoms with Crippen LogP contribution in [0.4, 0.5) is 5.69 Å². The van der Waals surface area contributed by atoms with E-state index in [4.69, 9.17) is 10.5 Å². The molecule has 0 spiro atoms. The summed E-state index contributed by atoms with van der Waals surface area (Å²) in [7, 11) is 4.07. The van der Waals surface area contributed by atoms with Crippen molar-refractivity contribution < 1.29 is 9.53 Å². The van der Waals surface area contributed by atoms with Gasteiger partial charge in [-0.25, -0.2) is 0 Å².